The summed E-state index contributed by atoms with van der Waals surface area (Å²) >= 11 is 0. The molecule has 0 saturated carbocycles. The number of carbonyl (C=O) groups excluding carboxylic acids is 1. The maximum Gasteiger partial charge on any atom is 0.147 e. The van der Waals surface area contributed by atoms with E-state index in [9.17, 15) is 4.79 Å². The van der Waals surface area contributed by atoms with Crippen molar-refractivity contribution in [3.05, 3.63) is 28.5 Å². The van der Waals surface area contributed by atoms with Crippen LogP contribution in [0.4, 0.5) is 0 Å². The summed E-state index contributed by atoms with van der Waals surface area (Å²) < 4.78 is 21.9. The van der Waals surface area contributed by atoms with Crippen LogP contribution in [0.3, 0.4) is 0 Å². The van der Waals surface area contributed by atoms with Crippen molar-refractivity contribution in [1.82, 2.24) is 5.32 Å². The van der Waals surface area contributed by atoms with Gasteiger partial charge in [-0.25, -0.2) is 4.79 Å². The molecule has 9 heteroatoms. The van der Waals surface area contributed by atoms with Crippen LogP contribution >= 0.6 is 0 Å². The van der Waals surface area contributed by atoms with Gasteiger partial charge in [-0.2, -0.15) is 0 Å². The first-order valence-electron chi connectivity index (χ1n) is 7.02. The molecule has 1 aliphatic heterocycles. The number of hydrogen-bond donors (Lipinski definition) is 1. The SMILES string of the molecule is COCC(OC)C(OC)[C@@H]1OC(C)=CC(N=[N+]=[N-])C1NC=C=O. The summed E-state index contributed by atoms with van der Waals surface area (Å²) in [5.74, 6) is 2.23. The van der Waals surface area contributed by atoms with Gasteiger partial charge in [0.25, 0.3) is 0 Å². The molecule has 0 saturated heterocycles. The van der Waals surface area contributed by atoms with Gasteiger partial charge in [0, 0.05) is 26.2 Å². The third-order valence-electron chi connectivity index (χ3n) is 3.57. The smallest absolute Gasteiger partial charge is 0.147 e. The molecule has 0 spiro atoms. The molecule has 0 aromatic heterocycles. The molecule has 23 heavy (non-hydrogen) atoms. The number of nitrogens with zero attached hydrogens (tertiary/aromatic N) is 3. The third-order valence-corrected chi connectivity index (χ3v) is 3.57. The van der Waals surface area contributed by atoms with E-state index in [1.54, 1.807) is 33.2 Å². The molecular formula is C14H22N4O5. The van der Waals surface area contributed by atoms with Crippen LogP contribution in [0.15, 0.2) is 23.1 Å². The molecule has 0 aromatic carbocycles. The molecule has 0 amide bonds. The minimum absolute atomic E-state index is 0.292. The maximum absolute atomic E-state index is 10.5. The Bertz CT molecular complexity index is 499. The Kier molecular flexibility index (Phi) is 8.18. The van der Waals surface area contributed by atoms with Gasteiger partial charge in [0.2, 0.25) is 0 Å². The van der Waals surface area contributed by atoms with Gasteiger partial charge in [0.15, 0.2) is 0 Å². The Morgan fingerprint density at radius 2 is 2.26 bits per heavy atom. The molecule has 0 radical (unpaired) electrons. The van der Waals surface area contributed by atoms with Crippen LogP contribution in [-0.2, 0) is 23.7 Å². The van der Waals surface area contributed by atoms with Crippen molar-refractivity contribution >= 4 is 5.94 Å². The van der Waals surface area contributed by atoms with Gasteiger partial charge < -0.3 is 24.3 Å². The zero-order valence-corrected chi connectivity index (χ0v) is 13.6. The molecule has 1 rings (SSSR count). The first kappa shape index (κ1) is 19.0. The highest BCUT2D eigenvalue weighted by Crippen LogP contribution is 2.26. The second-order valence-corrected chi connectivity index (χ2v) is 4.94. The molecule has 1 aliphatic rings. The highest BCUT2D eigenvalue weighted by molar-refractivity contribution is 5.44. The molecule has 4 unspecified atom stereocenters. The minimum atomic E-state index is -0.565. The zero-order valence-electron chi connectivity index (χ0n) is 13.6. The Labute approximate surface area is 134 Å². The van der Waals surface area contributed by atoms with E-state index >= 15 is 0 Å². The molecule has 0 bridgehead atoms. The molecular weight excluding hydrogens is 304 g/mol. The second-order valence-electron chi connectivity index (χ2n) is 4.94. The fourth-order valence-electron chi connectivity index (χ4n) is 2.58. The molecule has 128 valence electrons. The Morgan fingerprint density at radius 3 is 2.78 bits per heavy atom. The van der Waals surface area contributed by atoms with Crippen molar-refractivity contribution in [2.75, 3.05) is 27.9 Å². The predicted octanol–water partition coefficient (Wildman–Crippen LogP) is 0.948. The van der Waals surface area contributed by atoms with Crippen molar-refractivity contribution in [2.45, 2.75) is 37.3 Å². The normalized spacial score (nSPS) is 25.9. The van der Waals surface area contributed by atoms with Gasteiger partial charge in [-0.3, -0.25) is 0 Å². The fourth-order valence-corrected chi connectivity index (χ4v) is 2.58. The molecule has 9 nitrogen and oxygen atoms in total. The lowest BCUT2D eigenvalue weighted by molar-refractivity contribution is -0.132. The monoisotopic (exact) mass is 326 g/mol. The average molecular weight is 326 g/mol. The Balaban J connectivity index is 3.17. The second kappa shape index (κ2) is 9.89. The van der Waals surface area contributed by atoms with E-state index in [0.29, 0.717) is 12.4 Å². The van der Waals surface area contributed by atoms with Crippen molar-refractivity contribution in [3.63, 3.8) is 0 Å². The van der Waals surface area contributed by atoms with Gasteiger partial charge in [0.05, 0.1) is 30.6 Å². The number of rotatable bonds is 9. The van der Waals surface area contributed by atoms with Crippen LogP contribution in [0.1, 0.15) is 6.92 Å². The largest absolute Gasteiger partial charge is 0.490 e. The van der Waals surface area contributed by atoms with Crippen LogP contribution in [0.5, 0.6) is 0 Å². The summed E-state index contributed by atoms with van der Waals surface area (Å²) in [7, 11) is 4.62. The number of nitrogens with one attached hydrogen (secondary N) is 1. The van der Waals surface area contributed by atoms with Gasteiger partial charge in [0.1, 0.15) is 24.3 Å². The molecule has 0 aromatic rings. The van der Waals surface area contributed by atoms with Gasteiger partial charge in [-0.1, -0.05) is 5.11 Å². The van der Waals surface area contributed by atoms with E-state index in [4.69, 9.17) is 24.5 Å². The average Bonchev–Trinajstić information content (AvgIpc) is 2.54. The minimum Gasteiger partial charge on any atom is -0.490 e. The quantitative estimate of drug-likeness (QED) is 0.292. The summed E-state index contributed by atoms with van der Waals surface area (Å²) in [4.78, 5) is 13.4. The maximum atomic E-state index is 10.5. The lowest BCUT2D eigenvalue weighted by Gasteiger charge is -2.40. The fraction of sp³-hybridized carbons (Fsp3) is 0.714. The van der Waals surface area contributed by atoms with Crippen LogP contribution in [0.2, 0.25) is 0 Å². The highest BCUT2D eigenvalue weighted by atomic mass is 16.6. The molecule has 0 fully saturated rings. The topological polar surface area (TPSA) is 115 Å². The third kappa shape index (κ3) is 4.99. The molecule has 1 heterocycles. The Hall–Kier alpha value is -2.02. The molecule has 0 aliphatic carbocycles. The summed E-state index contributed by atoms with van der Waals surface area (Å²) in [6.45, 7) is 2.05. The van der Waals surface area contributed by atoms with Crippen molar-refractivity contribution in [1.29, 1.82) is 0 Å². The Morgan fingerprint density at radius 1 is 1.52 bits per heavy atom. The van der Waals surface area contributed by atoms with Crippen molar-refractivity contribution in [2.24, 2.45) is 5.11 Å². The van der Waals surface area contributed by atoms with Crippen LogP contribution in [-0.4, -0.2) is 64.3 Å². The number of allylic oxidation sites excluding steroid dienone is 1. The molecule has 1 N–H and O–H groups in total. The summed E-state index contributed by atoms with van der Waals surface area (Å²) in [6.07, 6.45) is 1.30. The number of hydrogen-bond acceptors (Lipinski definition) is 7. The number of azide groups is 1. The predicted molar refractivity (Wildman–Crippen MR) is 82.2 cm³/mol. The van der Waals surface area contributed by atoms with Crippen LogP contribution in [0.25, 0.3) is 10.4 Å². The highest BCUT2D eigenvalue weighted by Gasteiger charge is 2.42. The molecule has 5 atom stereocenters. The van der Waals surface area contributed by atoms with E-state index in [0.717, 1.165) is 6.20 Å². The van der Waals surface area contributed by atoms with Gasteiger partial charge in [-0.15, -0.1) is 0 Å². The van der Waals surface area contributed by atoms with Crippen molar-refractivity contribution < 1.29 is 23.7 Å². The lowest BCUT2D eigenvalue weighted by atomic mass is 9.92. The van der Waals surface area contributed by atoms with Crippen LogP contribution < -0.4 is 5.32 Å². The van der Waals surface area contributed by atoms with Crippen molar-refractivity contribution in [3.8, 4) is 0 Å². The number of ether oxygens (including phenoxy) is 4. The number of methoxy groups -OCH3 is 3. The van der Waals surface area contributed by atoms with E-state index in [1.165, 1.54) is 7.11 Å². The van der Waals surface area contributed by atoms with Gasteiger partial charge in [-0.05, 0) is 18.5 Å². The van der Waals surface area contributed by atoms with E-state index in [2.05, 4.69) is 15.3 Å². The summed E-state index contributed by atoms with van der Waals surface area (Å²) in [5, 5.41) is 6.60. The van der Waals surface area contributed by atoms with E-state index in [-0.39, 0.29) is 0 Å². The van der Waals surface area contributed by atoms with E-state index in [1.807, 2.05) is 0 Å². The first-order chi connectivity index (χ1) is 11.1. The lowest BCUT2D eigenvalue weighted by Crippen LogP contribution is -2.57. The zero-order chi connectivity index (χ0) is 17.2. The summed E-state index contributed by atoms with van der Waals surface area (Å²) in [5.41, 5.74) is 8.77. The first-order valence-corrected chi connectivity index (χ1v) is 7.02. The standard InChI is InChI=1S/C14H22N4O5/c1-9-7-10(17-18-15)12(16-5-6-19)14(23-9)13(22-4)11(21-3)8-20-2/h5,7,10-14,16H,8H2,1-4H3/t10?,11?,12?,13?,14-/m1/s1. The van der Waals surface area contributed by atoms with Gasteiger partial charge >= 0.3 is 0 Å². The van der Waals surface area contributed by atoms with E-state index < -0.39 is 30.4 Å². The summed E-state index contributed by atoms with van der Waals surface area (Å²) in [6, 6.07) is -1.07. The van der Waals surface area contributed by atoms with Crippen LogP contribution in [0, 0.1) is 0 Å².